The lowest BCUT2D eigenvalue weighted by molar-refractivity contribution is -0.116. The van der Waals surface area contributed by atoms with Gasteiger partial charge in [0.05, 0.1) is 29.6 Å². The normalized spacial score (nSPS) is 15.8. The maximum atomic E-state index is 13.1. The number of nitrogens with zero attached hydrogens (tertiary/aromatic N) is 2. The third-order valence-corrected chi connectivity index (χ3v) is 8.65. The molecular weight excluding hydrogens is 490 g/mol. The van der Waals surface area contributed by atoms with Crippen molar-refractivity contribution in [2.75, 3.05) is 36.1 Å². The summed E-state index contributed by atoms with van der Waals surface area (Å²) in [6.45, 7) is 2.31. The number of ether oxygens (including phenoxy) is 1. The Hall–Kier alpha value is -2.34. The zero-order valence-corrected chi connectivity index (χ0v) is 20.9. The summed E-state index contributed by atoms with van der Waals surface area (Å²) in [7, 11) is -6.19. The molecule has 9 nitrogen and oxygen atoms in total. The number of hydrogen-bond acceptors (Lipinski definition) is 6. The van der Waals surface area contributed by atoms with E-state index < -0.39 is 32.0 Å². The highest BCUT2D eigenvalue weighted by Crippen LogP contribution is 2.31. The third-order valence-electron chi connectivity index (χ3n) is 5.28. The fourth-order valence-corrected chi connectivity index (χ4v) is 6.58. The van der Waals surface area contributed by atoms with Crippen LogP contribution in [0.2, 0.25) is 5.02 Å². The molecular formula is C21H26ClN3O6S2. The molecule has 1 atom stereocenters. The SMILES string of the molecule is COc1ccc(S(=O)(=O)N2CCCC2)cc1NC(=O)[C@H](C)N(c1cccc(Cl)c1)S(C)(=O)=O. The van der Waals surface area contributed by atoms with Crippen LogP contribution in [0.5, 0.6) is 5.75 Å². The predicted octanol–water partition coefficient (Wildman–Crippen LogP) is 2.93. The molecule has 1 fully saturated rings. The molecule has 12 heteroatoms. The molecule has 1 heterocycles. The number of rotatable bonds is 8. The molecule has 0 unspecified atom stereocenters. The van der Waals surface area contributed by atoms with Gasteiger partial charge in [-0.15, -0.1) is 0 Å². The number of anilines is 2. The Bertz CT molecular complexity index is 1240. The lowest BCUT2D eigenvalue weighted by Gasteiger charge is -2.28. The standard InChI is InChI=1S/C21H26ClN3O6S2/c1-15(25(32(3,27)28)17-8-6-7-16(22)13-17)21(26)23-19-14-18(9-10-20(19)31-2)33(29,30)24-11-4-5-12-24/h6-10,13-15H,4-5,11-12H2,1-3H3,(H,23,26)/t15-/m0/s1. The van der Waals surface area contributed by atoms with Gasteiger partial charge in [0, 0.05) is 18.1 Å². The quantitative estimate of drug-likeness (QED) is 0.578. The fraction of sp³-hybridized carbons (Fsp3) is 0.381. The number of carbonyl (C=O) groups excluding carboxylic acids is 1. The smallest absolute Gasteiger partial charge is 0.248 e. The van der Waals surface area contributed by atoms with E-state index in [0.717, 1.165) is 23.4 Å². The number of amides is 1. The highest BCUT2D eigenvalue weighted by Gasteiger charge is 2.31. The van der Waals surface area contributed by atoms with Crippen molar-refractivity contribution >= 4 is 48.9 Å². The van der Waals surface area contributed by atoms with Gasteiger partial charge in [0.2, 0.25) is 26.0 Å². The molecule has 1 aliphatic rings. The van der Waals surface area contributed by atoms with Crippen molar-refractivity contribution < 1.29 is 26.4 Å². The van der Waals surface area contributed by atoms with Gasteiger partial charge in [0.25, 0.3) is 0 Å². The van der Waals surface area contributed by atoms with Crippen LogP contribution in [0.3, 0.4) is 0 Å². The summed E-state index contributed by atoms with van der Waals surface area (Å²) in [6.07, 6.45) is 2.57. The van der Waals surface area contributed by atoms with Crippen LogP contribution in [0.4, 0.5) is 11.4 Å². The van der Waals surface area contributed by atoms with Gasteiger partial charge >= 0.3 is 0 Å². The van der Waals surface area contributed by atoms with E-state index in [1.807, 2.05) is 0 Å². The number of methoxy groups -OCH3 is 1. The van der Waals surface area contributed by atoms with Gasteiger partial charge in [-0.3, -0.25) is 9.10 Å². The highest BCUT2D eigenvalue weighted by atomic mass is 35.5. The Morgan fingerprint density at radius 3 is 2.36 bits per heavy atom. The average molecular weight is 516 g/mol. The lowest BCUT2D eigenvalue weighted by Crippen LogP contribution is -2.45. The van der Waals surface area contributed by atoms with Crippen LogP contribution >= 0.6 is 11.6 Å². The van der Waals surface area contributed by atoms with E-state index >= 15 is 0 Å². The third kappa shape index (κ3) is 5.60. The first-order valence-electron chi connectivity index (χ1n) is 10.2. The summed E-state index contributed by atoms with van der Waals surface area (Å²) >= 11 is 6.01. The van der Waals surface area contributed by atoms with Gasteiger partial charge in [-0.05, 0) is 56.2 Å². The number of sulfonamides is 2. The van der Waals surface area contributed by atoms with Gasteiger partial charge < -0.3 is 10.1 Å². The van der Waals surface area contributed by atoms with Crippen molar-refractivity contribution in [2.24, 2.45) is 0 Å². The Morgan fingerprint density at radius 1 is 1.12 bits per heavy atom. The zero-order chi connectivity index (χ0) is 24.4. The minimum atomic E-state index is -3.85. The summed E-state index contributed by atoms with van der Waals surface area (Å²) in [6, 6.07) is 9.17. The summed E-state index contributed by atoms with van der Waals surface area (Å²) in [5.41, 5.74) is 0.346. The molecule has 1 saturated heterocycles. The van der Waals surface area contributed by atoms with Crippen LogP contribution < -0.4 is 14.4 Å². The first kappa shape index (κ1) is 25.3. The Morgan fingerprint density at radius 2 is 1.79 bits per heavy atom. The molecule has 0 spiro atoms. The molecule has 0 aliphatic carbocycles. The lowest BCUT2D eigenvalue weighted by atomic mass is 10.2. The van der Waals surface area contributed by atoms with Gasteiger partial charge in [0.1, 0.15) is 11.8 Å². The van der Waals surface area contributed by atoms with Crippen molar-refractivity contribution in [2.45, 2.75) is 30.7 Å². The van der Waals surface area contributed by atoms with E-state index in [0.29, 0.717) is 18.1 Å². The van der Waals surface area contributed by atoms with Crippen molar-refractivity contribution in [3.05, 3.63) is 47.5 Å². The molecule has 2 aromatic rings. The molecule has 3 rings (SSSR count). The molecule has 33 heavy (non-hydrogen) atoms. The van der Waals surface area contributed by atoms with Crippen molar-refractivity contribution in [3.8, 4) is 5.75 Å². The molecule has 0 bridgehead atoms. The molecule has 1 N–H and O–H groups in total. The number of benzene rings is 2. The number of halogens is 1. The second-order valence-electron chi connectivity index (χ2n) is 7.68. The second-order valence-corrected chi connectivity index (χ2v) is 11.9. The number of hydrogen-bond donors (Lipinski definition) is 1. The fourth-order valence-electron chi connectivity index (χ4n) is 3.68. The second kappa shape index (κ2) is 9.88. The predicted molar refractivity (Wildman–Crippen MR) is 128 cm³/mol. The molecule has 0 aromatic heterocycles. The molecule has 1 aliphatic heterocycles. The Labute approximate surface area is 199 Å². The van der Waals surface area contributed by atoms with E-state index in [1.165, 1.54) is 48.7 Å². The summed E-state index contributed by atoms with van der Waals surface area (Å²) in [5, 5.41) is 2.93. The van der Waals surface area contributed by atoms with Crippen LogP contribution in [0.25, 0.3) is 0 Å². The van der Waals surface area contributed by atoms with Crippen LogP contribution in [-0.2, 0) is 24.8 Å². The molecule has 180 valence electrons. The average Bonchev–Trinajstić information content (AvgIpc) is 3.28. The maximum Gasteiger partial charge on any atom is 0.248 e. The van der Waals surface area contributed by atoms with Crippen LogP contribution in [-0.4, -0.2) is 59.5 Å². The van der Waals surface area contributed by atoms with Crippen molar-refractivity contribution in [3.63, 3.8) is 0 Å². The van der Waals surface area contributed by atoms with Crippen LogP contribution in [0.15, 0.2) is 47.4 Å². The highest BCUT2D eigenvalue weighted by molar-refractivity contribution is 7.92. The van der Waals surface area contributed by atoms with Crippen molar-refractivity contribution in [1.82, 2.24) is 4.31 Å². The number of nitrogens with one attached hydrogen (secondary N) is 1. The first-order valence-corrected chi connectivity index (χ1v) is 13.9. The van der Waals surface area contributed by atoms with Gasteiger partial charge in [-0.2, -0.15) is 4.31 Å². The summed E-state index contributed by atoms with van der Waals surface area (Å²) < 4.78 is 58.5. The largest absolute Gasteiger partial charge is 0.495 e. The monoisotopic (exact) mass is 515 g/mol. The minimum absolute atomic E-state index is 0.0166. The van der Waals surface area contributed by atoms with E-state index in [4.69, 9.17) is 16.3 Å². The molecule has 0 radical (unpaired) electrons. The summed E-state index contributed by atoms with van der Waals surface area (Å²) in [4.78, 5) is 13.1. The van der Waals surface area contributed by atoms with Gasteiger partial charge in [-0.1, -0.05) is 17.7 Å². The van der Waals surface area contributed by atoms with E-state index in [9.17, 15) is 21.6 Å². The molecule has 2 aromatic carbocycles. The Balaban J connectivity index is 1.93. The summed E-state index contributed by atoms with van der Waals surface area (Å²) in [5.74, 6) is -0.431. The van der Waals surface area contributed by atoms with Crippen LogP contribution in [0.1, 0.15) is 19.8 Å². The number of carbonyl (C=O) groups is 1. The zero-order valence-electron chi connectivity index (χ0n) is 18.5. The van der Waals surface area contributed by atoms with Crippen molar-refractivity contribution in [1.29, 1.82) is 0 Å². The topological polar surface area (TPSA) is 113 Å². The maximum absolute atomic E-state index is 13.1. The van der Waals surface area contributed by atoms with Gasteiger partial charge in [0.15, 0.2) is 0 Å². The Kier molecular flexibility index (Phi) is 7.57. The minimum Gasteiger partial charge on any atom is -0.495 e. The molecule has 1 amide bonds. The van der Waals surface area contributed by atoms with Crippen LogP contribution in [0, 0.1) is 0 Å². The van der Waals surface area contributed by atoms with E-state index in [-0.39, 0.29) is 22.0 Å². The van der Waals surface area contributed by atoms with E-state index in [2.05, 4.69) is 5.32 Å². The van der Waals surface area contributed by atoms with E-state index in [1.54, 1.807) is 12.1 Å². The molecule has 0 saturated carbocycles. The van der Waals surface area contributed by atoms with Gasteiger partial charge in [-0.25, -0.2) is 16.8 Å². The first-order chi connectivity index (χ1) is 15.4.